The number of carbonyl (C=O) groups is 3. The number of hydrogen-bond donors (Lipinski definition) is 4. The highest BCUT2D eigenvalue weighted by molar-refractivity contribution is 6.31. The maximum absolute atomic E-state index is 15.8. The topological polar surface area (TPSA) is 117 Å². The van der Waals surface area contributed by atoms with E-state index < -0.39 is 53.3 Å². The Kier molecular flexibility index (Phi) is 7.15. The molecule has 4 N–H and O–H groups in total. The van der Waals surface area contributed by atoms with E-state index in [1.807, 2.05) is 0 Å². The molecule has 202 valence electrons. The number of halogens is 3. The fraction of sp³-hybridized carbons (Fsp3) is 0.444. The van der Waals surface area contributed by atoms with Crippen LogP contribution in [0.25, 0.3) is 0 Å². The van der Waals surface area contributed by atoms with Crippen LogP contribution in [-0.2, 0) is 24.5 Å². The fourth-order valence-electron chi connectivity index (χ4n) is 6.80. The largest absolute Gasteiger partial charge is 0.467 e. The van der Waals surface area contributed by atoms with Gasteiger partial charge in [0.25, 0.3) is 0 Å². The SMILES string of the molecule is COC(=O)C(CO)NC(=O)[C@@H]1NC2(CCCCC2)[C@@]2(C(=O)Nc3cc(Cl)ccc32)[C@H]1c1cccc(Cl)c1F. The predicted octanol–water partition coefficient (Wildman–Crippen LogP) is 3.43. The Hall–Kier alpha value is -2.72. The number of aliphatic hydroxyl groups excluding tert-OH is 1. The van der Waals surface area contributed by atoms with Crippen molar-refractivity contribution >= 4 is 46.7 Å². The number of nitrogens with one attached hydrogen (secondary N) is 3. The lowest BCUT2D eigenvalue weighted by Crippen LogP contribution is -2.60. The quantitative estimate of drug-likeness (QED) is 0.414. The summed E-state index contributed by atoms with van der Waals surface area (Å²) in [5.74, 6) is -3.64. The molecule has 1 aliphatic carbocycles. The summed E-state index contributed by atoms with van der Waals surface area (Å²) >= 11 is 12.5. The van der Waals surface area contributed by atoms with Crippen molar-refractivity contribution in [1.82, 2.24) is 10.6 Å². The normalized spacial score (nSPS) is 26.2. The Morgan fingerprint density at radius 3 is 2.63 bits per heavy atom. The smallest absolute Gasteiger partial charge is 0.330 e. The molecule has 2 aromatic rings. The zero-order valence-corrected chi connectivity index (χ0v) is 22.2. The van der Waals surface area contributed by atoms with Crippen LogP contribution >= 0.6 is 23.2 Å². The molecule has 2 aliphatic heterocycles. The molecular formula is C27H28Cl2FN3O5. The van der Waals surface area contributed by atoms with E-state index in [1.54, 1.807) is 24.3 Å². The minimum atomic E-state index is -1.39. The highest BCUT2D eigenvalue weighted by Crippen LogP contribution is 2.62. The number of ether oxygens (including phenoxy) is 1. The summed E-state index contributed by atoms with van der Waals surface area (Å²) in [4.78, 5) is 40.2. The number of esters is 1. The molecule has 0 bridgehead atoms. The van der Waals surface area contributed by atoms with Crippen molar-refractivity contribution < 1.29 is 28.6 Å². The van der Waals surface area contributed by atoms with Crippen LogP contribution in [0.15, 0.2) is 36.4 Å². The number of amides is 2. The predicted molar refractivity (Wildman–Crippen MR) is 140 cm³/mol. The lowest BCUT2D eigenvalue weighted by molar-refractivity contribution is -0.146. The number of anilines is 1. The van der Waals surface area contributed by atoms with E-state index in [1.165, 1.54) is 12.1 Å². The number of methoxy groups -OCH3 is 1. The molecule has 4 atom stereocenters. The third kappa shape index (κ3) is 3.90. The lowest BCUT2D eigenvalue weighted by Gasteiger charge is -2.47. The molecule has 2 heterocycles. The molecule has 2 spiro atoms. The number of fused-ring (bicyclic) bond motifs is 3. The third-order valence-electron chi connectivity index (χ3n) is 8.29. The van der Waals surface area contributed by atoms with Gasteiger partial charge in [-0.25, -0.2) is 9.18 Å². The van der Waals surface area contributed by atoms with Gasteiger partial charge >= 0.3 is 5.97 Å². The van der Waals surface area contributed by atoms with Gasteiger partial charge in [-0.3, -0.25) is 14.9 Å². The summed E-state index contributed by atoms with van der Waals surface area (Å²) in [5, 5.41) is 19.0. The van der Waals surface area contributed by atoms with Gasteiger partial charge in [-0.1, -0.05) is 60.7 Å². The number of hydrogen-bond acceptors (Lipinski definition) is 6. The Morgan fingerprint density at radius 1 is 1.21 bits per heavy atom. The first kappa shape index (κ1) is 26.9. The van der Waals surface area contributed by atoms with E-state index in [0.717, 1.165) is 26.4 Å². The van der Waals surface area contributed by atoms with Crippen molar-refractivity contribution in [2.24, 2.45) is 0 Å². The van der Waals surface area contributed by atoms with Crippen LogP contribution in [-0.4, -0.2) is 54.2 Å². The summed E-state index contributed by atoms with van der Waals surface area (Å²) in [5.41, 5.74) is -1.07. The maximum atomic E-state index is 15.8. The molecule has 2 amide bonds. The summed E-state index contributed by atoms with van der Waals surface area (Å²) in [6.45, 7) is -0.695. The molecule has 8 nitrogen and oxygen atoms in total. The number of aliphatic hydroxyl groups is 1. The highest BCUT2D eigenvalue weighted by Gasteiger charge is 2.72. The van der Waals surface area contributed by atoms with E-state index in [-0.39, 0.29) is 16.5 Å². The first-order valence-electron chi connectivity index (χ1n) is 12.5. The Labute approximate surface area is 229 Å². The van der Waals surface area contributed by atoms with E-state index >= 15 is 4.39 Å². The Balaban J connectivity index is 1.75. The maximum Gasteiger partial charge on any atom is 0.330 e. The minimum absolute atomic E-state index is 0.101. The molecule has 2 fully saturated rings. The average Bonchev–Trinajstić information content (AvgIpc) is 3.36. The van der Waals surface area contributed by atoms with Crippen LogP contribution in [0.2, 0.25) is 10.0 Å². The van der Waals surface area contributed by atoms with Crippen molar-refractivity contribution in [3.8, 4) is 0 Å². The van der Waals surface area contributed by atoms with Crippen molar-refractivity contribution in [3.63, 3.8) is 0 Å². The molecule has 3 aliphatic rings. The highest BCUT2D eigenvalue weighted by atomic mass is 35.5. The molecule has 1 saturated heterocycles. The van der Waals surface area contributed by atoms with Crippen LogP contribution in [0.4, 0.5) is 10.1 Å². The Morgan fingerprint density at radius 2 is 1.95 bits per heavy atom. The summed E-state index contributed by atoms with van der Waals surface area (Å²) in [6, 6.07) is 7.12. The summed E-state index contributed by atoms with van der Waals surface area (Å²) in [7, 11) is 1.14. The number of rotatable bonds is 5. The zero-order chi connectivity index (χ0) is 27.2. The number of carbonyl (C=O) groups excluding carboxylic acids is 3. The first-order chi connectivity index (χ1) is 18.2. The van der Waals surface area contributed by atoms with Gasteiger partial charge in [0.1, 0.15) is 11.2 Å². The lowest BCUT2D eigenvalue weighted by atomic mass is 9.55. The van der Waals surface area contributed by atoms with Crippen LogP contribution in [0.3, 0.4) is 0 Å². The van der Waals surface area contributed by atoms with Crippen molar-refractivity contribution in [2.75, 3.05) is 19.0 Å². The van der Waals surface area contributed by atoms with Gasteiger partial charge in [0.05, 0.1) is 24.8 Å². The van der Waals surface area contributed by atoms with E-state index in [4.69, 9.17) is 27.9 Å². The minimum Gasteiger partial charge on any atom is -0.467 e. The monoisotopic (exact) mass is 563 g/mol. The van der Waals surface area contributed by atoms with E-state index in [0.29, 0.717) is 29.1 Å². The summed E-state index contributed by atoms with van der Waals surface area (Å²) < 4.78 is 20.5. The van der Waals surface area contributed by atoms with Crippen molar-refractivity contribution in [1.29, 1.82) is 0 Å². The molecule has 0 radical (unpaired) electrons. The standard InChI is InChI=1S/C27H28Cl2FN3O5/c1-38-24(36)19(13-34)31-23(35)22-20(15-6-5-7-17(29)21(15)30)27(26(33-22)10-3-2-4-11-26)16-9-8-14(28)12-18(16)32-25(27)37/h5-9,12,19-20,22,33-34H,2-4,10-11,13H2,1H3,(H,31,35)(H,32,37)/t19?,20-,22+,27+/m0/s1. The molecule has 2 aromatic carbocycles. The van der Waals surface area contributed by atoms with Gasteiger partial charge < -0.3 is 20.5 Å². The zero-order valence-electron chi connectivity index (χ0n) is 20.7. The van der Waals surface area contributed by atoms with Gasteiger partial charge in [0, 0.05) is 22.2 Å². The molecule has 5 rings (SSSR count). The van der Waals surface area contributed by atoms with Gasteiger partial charge in [0.15, 0.2) is 6.04 Å². The van der Waals surface area contributed by atoms with E-state index in [2.05, 4.69) is 16.0 Å². The molecular weight excluding hydrogens is 536 g/mol. The molecule has 0 aromatic heterocycles. The first-order valence-corrected chi connectivity index (χ1v) is 13.3. The van der Waals surface area contributed by atoms with Gasteiger partial charge in [-0.2, -0.15) is 0 Å². The van der Waals surface area contributed by atoms with Gasteiger partial charge in [-0.15, -0.1) is 0 Å². The van der Waals surface area contributed by atoms with Crippen molar-refractivity contribution in [3.05, 3.63) is 63.4 Å². The molecule has 11 heteroatoms. The van der Waals surface area contributed by atoms with E-state index in [9.17, 15) is 19.5 Å². The van der Waals surface area contributed by atoms with Gasteiger partial charge in [0.2, 0.25) is 11.8 Å². The van der Waals surface area contributed by atoms with Gasteiger partial charge in [-0.05, 0) is 42.2 Å². The summed E-state index contributed by atoms with van der Waals surface area (Å²) in [6.07, 6.45) is 3.67. The second-order valence-corrected chi connectivity index (χ2v) is 10.9. The van der Waals surface area contributed by atoms with Crippen molar-refractivity contribution in [2.45, 2.75) is 61.1 Å². The number of benzene rings is 2. The van der Waals surface area contributed by atoms with Crippen LogP contribution in [0, 0.1) is 5.82 Å². The Bertz CT molecular complexity index is 1300. The van der Waals surface area contributed by atoms with Crippen LogP contribution < -0.4 is 16.0 Å². The third-order valence-corrected chi connectivity index (χ3v) is 8.82. The molecule has 1 unspecified atom stereocenters. The molecule has 1 saturated carbocycles. The van der Waals surface area contributed by atoms with Crippen LogP contribution in [0.1, 0.15) is 49.1 Å². The van der Waals surface area contributed by atoms with Crippen LogP contribution in [0.5, 0.6) is 0 Å². The second kappa shape index (κ2) is 10.1. The second-order valence-electron chi connectivity index (χ2n) is 10.1. The molecule has 38 heavy (non-hydrogen) atoms. The average molecular weight is 564 g/mol. The fourth-order valence-corrected chi connectivity index (χ4v) is 7.15.